The molecule has 0 spiro atoms. The van der Waals surface area contributed by atoms with E-state index < -0.39 is 17.5 Å². The van der Waals surface area contributed by atoms with Crippen LogP contribution in [0.1, 0.15) is 53.1 Å². The fraction of sp³-hybridized carbons (Fsp3) is 0.435. The van der Waals surface area contributed by atoms with E-state index in [4.69, 9.17) is 9.47 Å². The zero-order valence-corrected chi connectivity index (χ0v) is 17.9. The summed E-state index contributed by atoms with van der Waals surface area (Å²) in [4.78, 5) is 39.8. The molecule has 3 heterocycles. The number of ketones is 1. The lowest BCUT2D eigenvalue weighted by atomic mass is 9.92. The Bertz CT molecular complexity index is 1120. The molecular formula is C23H25N3O5. The topological polar surface area (TPSA) is 89.9 Å². The molecule has 1 aromatic carbocycles. The van der Waals surface area contributed by atoms with Crippen LogP contribution in [0.3, 0.4) is 0 Å². The molecule has 162 valence electrons. The number of nitrogens with one attached hydrogen (secondary N) is 1. The fourth-order valence-electron chi connectivity index (χ4n) is 4.65. The largest absolute Gasteiger partial charge is 0.454 e. The van der Waals surface area contributed by atoms with Crippen LogP contribution >= 0.6 is 0 Å². The van der Waals surface area contributed by atoms with Gasteiger partial charge in [-0.25, -0.2) is 4.79 Å². The number of aryl methyl sites for hydroxylation is 1. The summed E-state index contributed by atoms with van der Waals surface area (Å²) in [6.07, 6.45) is 2.53. The molecule has 0 radical (unpaired) electrons. The number of fused-ring (bicyclic) bond motifs is 1. The molecule has 8 nitrogen and oxygen atoms in total. The van der Waals surface area contributed by atoms with E-state index in [-0.39, 0.29) is 25.5 Å². The van der Waals surface area contributed by atoms with Crippen LogP contribution in [0, 0.1) is 13.8 Å². The smallest absolute Gasteiger partial charge is 0.325 e. The third kappa shape index (κ3) is 3.26. The summed E-state index contributed by atoms with van der Waals surface area (Å²) < 4.78 is 12.9. The minimum Gasteiger partial charge on any atom is -0.454 e. The molecule has 1 saturated carbocycles. The molecule has 3 aliphatic rings. The van der Waals surface area contributed by atoms with E-state index in [9.17, 15) is 14.4 Å². The Kier molecular flexibility index (Phi) is 4.35. The second-order valence-corrected chi connectivity index (χ2v) is 8.83. The maximum Gasteiger partial charge on any atom is 0.325 e. The number of ether oxygens (including phenoxy) is 2. The Morgan fingerprint density at radius 3 is 2.65 bits per heavy atom. The number of urea groups is 1. The van der Waals surface area contributed by atoms with Gasteiger partial charge in [0.25, 0.3) is 5.91 Å². The number of carbonyl (C=O) groups is 3. The Balaban J connectivity index is 1.33. The number of carbonyl (C=O) groups excluding carboxylic acids is 3. The number of nitrogens with zero attached hydrogens (tertiary/aromatic N) is 2. The van der Waals surface area contributed by atoms with E-state index in [1.54, 1.807) is 13.0 Å². The third-order valence-electron chi connectivity index (χ3n) is 6.34. The molecule has 1 aromatic heterocycles. The van der Waals surface area contributed by atoms with E-state index in [1.807, 2.05) is 32.0 Å². The van der Waals surface area contributed by atoms with Gasteiger partial charge in [0.1, 0.15) is 5.54 Å². The molecule has 2 aliphatic heterocycles. The summed E-state index contributed by atoms with van der Waals surface area (Å²) in [7, 11) is 0. The first-order valence-electron chi connectivity index (χ1n) is 10.5. The average molecular weight is 423 g/mol. The summed E-state index contributed by atoms with van der Waals surface area (Å²) in [6, 6.07) is 7.23. The van der Waals surface area contributed by atoms with Crippen LogP contribution in [0.25, 0.3) is 0 Å². The first-order chi connectivity index (χ1) is 14.8. The number of hydrogen-bond donors (Lipinski definition) is 1. The van der Waals surface area contributed by atoms with Crippen LogP contribution in [-0.2, 0) is 11.2 Å². The van der Waals surface area contributed by atoms with Crippen molar-refractivity contribution in [1.82, 2.24) is 14.8 Å². The lowest BCUT2D eigenvalue weighted by Gasteiger charge is -2.21. The predicted octanol–water partition coefficient (Wildman–Crippen LogP) is 2.90. The molecule has 1 saturated heterocycles. The zero-order valence-electron chi connectivity index (χ0n) is 17.9. The Morgan fingerprint density at radius 2 is 1.90 bits per heavy atom. The maximum atomic E-state index is 13.1. The monoisotopic (exact) mass is 423 g/mol. The van der Waals surface area contributed by atoms with Crippen LogP contribution in [0.5, 0.6) is 11.5 Å². The lowest BCUT2D eigenvalue weighted by molar-refractivity contribution is -0.130. The van der Waals surface area contributed by atoms with Crippen LogP contribution in [-0.4, -0.2) is 46.1 Å². The van der Waals surface area contributed by atoms with Gasteiger partial charge in [0.15, 0.2) is 17.3 Å². The zero-order chi connectivity index (χ0) is 21.9. The van der Waals surface area contributed by atoms with Crippen molar-refractivity contribution in [3.8, 4) is 11.5 Å². The predicted molar refractivity (Wildman–Crippen MR) is 111 cm³/mol. The second-order valence-electron chi connectivity index (χ2n) is 8.83. The van der Waals surface area contributed by atoms with Gasteiger partial charge >= 0.3 is 6.03 Å². The van der Waals surface area contributed by atoms with Gasteiger partial charge in [0, 0.05) is 29.4 Å². The maximum absolute atomic E-state index is 13.1. The van der Waals surface area contributed by atoms with E-state index in [2.05, 4.69) is 9.88 Å². The fourth-order valence-corrected chi connectivity index (χ4v) is 4.65. The minimum atomic E-state index is -1.13. The highest BCUT2D eigenvalue weighted by Crippen LogP contribution is 2.38. The second kappa shape index (κ2) is 6.87. The molecule has 8 heteroatoms. The van der Waals surface area contributed by atoms with Gasteiger partial charge in [-0.1, -0.05) is 6.07 Å². The summed E-state index contributed by atoms with van der Waals surface area (Å²) >= 11 is 0. The van der Waals surface area contributed by atoms with Crippen molar-refractivity contribution in [2.24, 2.45) is 0 Å². The third-order valence-corrected chi connectivity index (χ3v) is 6.34. The van der Waals surface area contributed by atoms with Crippen LogP contribution in [0.15, 0.2) is 24.3 Å². The normalized spacial score (nSPS) is 22.2. The highest BCUT2D eigenvalue weighted by Gasteiger charge is 2.48. The first kappa shape index (κ1) is 19.7. The van der Waals surface area contributed by atoms with Gasteiger partial charge in [-0.2, -0.15) is 0 Å². The van der Waals surface area contributed by atoms with Crippen molar-refractivity contribution >= 4 is 17.7 Å². The highest BCUT2D eigenvalue weighted by molar-refractivity contribution is 6.11. The van der Waals surface area contributed by atoms with E-state index in [0.29, 0.717) is 23.1 Å². The quantitative estimate of drug-likeness (QED) is 0.570. The molecule has 31 heavy (non-hydrogen) atoms. The molecule has 1 unspecified atom stereocenters. The van der Waals surface area contributed by atoms with Crippen molar-refractivity contribution in [3.63, 3.8) is 0 Å². The number of hydrogen-bond acceptors (Lipinski definition) is 5. The molecular weight excluding hydrogens is 398 g/mol. The number of amides is 3. The number of benzene rings is 1. The van der Waals surface area contributed by atoms with E-state index >= 15 is 0 Å². The standard InChI is InChI=1S/C23H25N3O5/c1-13-8-17(14(2)26(13)16-5-6-16)18(27)11-25-21(28)23(3,24-22(25)29)10-15-4-7-19-20(9-15)31-12-30-19/h4,7-9,16H,5-6,10-12H2,1-3H3,(H,24,29). The molecule has 5 rings (SSSR count). The van der Waals surface area contributed by atoms with E-state index in [1.165, 1.54) is 0 Å². The molecule has 2 aromatic rings. The van der Waals surface area contributed by atoms with Gasteiger partial charge in [-0.15, -0.1) is 0 Å². The first-order valence-corrected chi connectivity index (χ1v) is 10.5. The number of Topliss-reactive ketones (excluding diaryl/α,β-unsaturated/α-hetero) is 1. The molecule has 1 aliphatic carbocycles. The van der Waals surface area contributed by atoms with Crippen molar-refractivity contribution < 1.29 is 23.9 Å². The Hall–Kier alpha value is -3.29. The lowest BCUT2D eigenvalue weighted by Crippen LogP contribution is -2.46. The summed E-state index contributed by atoms with van der Waals surface area (Å²) in [5.74, 6) is 0.651. The Morgan fingerprint density at radius 1 is 1.16 bits per heavy atom. The van der Waals surface area contributed by atoms with Crippen LogP contribution in [0.4, 0.5) is 4.79 Å². The molecule has 2 fully saturated rings. The van der Waals surface area contributed by atoms with Crippen molar-refractivity contribution in [1.29, 1.82) is 0 Å². The molecule has 1 N–H and O–H groups in total. The summed E-state index contributed by atoms with van der Waals surface area (Å²) in [5, 5.41) is 2.77. The van der Waals surface area contributed by atoms with Crippen LogP contribution in [0.2, 0.25) is 0 Å². The van der Waals surface area contributed by atoms with Gasteiger partial charge in [-0.3, -0.25) is 14.5 Å². The summed E-state index contributed by atoms with van der Waals surface area (Å²) in [6.45, 7) is 5.49. The average Bonchev–Trinajstić information content (AvgIpc) is 3.29. The molecule has 0 bridgehead atoms. The van der Waals surface area contributed by atoms with Gasteiger partial charge in [-0.05, 0) is 57.4 Å². The van der Waals surface area contributed by atoms with Crippen molar-refractivity contribution in [2.45, 2.75) is 51.6 Å². The van der Waals surface area contributed by atoms with E-state index in [0.717, 1.165) is 34.7 Å². The number of imide groups is 1. The number of aromatic nitrogens is 1. The van der Waals surface area contributed by atoms with Gasteiger partial charge in [0.2, 0.25) is 6.79 Å². The molecule has 1 atom stereocenters. The SMILES string of the molecule is Cc1cc(C(=O)CN2C(=O)NC(C)(Cc3ccc4c(c3)OCO4)C2=O)c(C)n1C1CC1. The molecule has 3 amide bonds. The number of rotatable bonds is 6. The van der Waals surface area contributed by atoms with Crippen molar-refractivity contribution in [3.05, 3.63) is 46.8 Å². The Labute approximate surface area is 180 Å². The van der Waals surface area contributed by atoms with Gasteiger partial charge in [0.05, 0.1) is 6.54 Å². The minimum absolute atomic E-state index is 0.170. The summed E-state index contributed by atoms with van der Waals surface area (Å²) in [5.41, 5.74) is 2.22. The van der Waals surface area contributed by atoms with Crippen LogP contribution < -0.4 is 14.8 Å². The highest BCUT2D eigenvalue weighted by atomic mass is 16.7. The van der Waals surface area contributed by atoms with Gasteiger partial charge < -0.3 is 19.4 Å². The van der Waals surface area contributed by atoms with Crippen molar-refractivity contribution in [2.75, 3.05) is 13.3 Å².